The van der Waals surface area contributed by atoms with Crippen molar-refractivity contribution in [3.05, 3.63) is 52.3 Å². The molecule has 9 nitrogen and oxygen atoms in total. The van der Waals surface area contributed by atoms with Crippen LogP contribution >= 0.6 is 0 Å². The highest BCUT2D eigenvalue weighted by Crippen LogP contribution is 2.25. The van der Waals surface area contributed by atoms with Crippen LogP contribution in [0.3, 0.4) is 0 Å². The van der Waals surface area contributed by atoms with Crippen LogP contribution in [0.25, 0.3) is 5.69 Å². The smallest absolute Gasteiger partial charge is 0.306 e. The molecule has 1 aromatic heterocycles. The molecule has 9 heteroatoms. The third-order valence-corrected chi connectivity index (χ3v) is 4.24. The summed E-state index contributed by atoms with van der Waals surface area (Å²) >= 11 is 0. The maximum atomic E-state index is 12.3. The molecule has 0 radical (unpaired) electrons. The van der Waals surface area contributed by atoms with Crippen molar-refractivity contribution < 1.29 is 19.6 Å². The number of amides is 1. The first-order valence-corrected chi connectivity index (χ1v) is 7.78. The first kappa shape index (κ1) is 16.6. The minimum absolute atomic E-state index is 0.0651. The second-order valence-electron chi connectivity index (χ2n) is 5.94. The largest absolute Gasteiger partial charge is 0.481 e. The molecule has 25 heavy (non-hydrogen) atoms. The van der Waals surface area contributed by atoms with Gasteiger partial charge in [-0.25, -0.2) is 4.68 Å². The van der Waals surface area contributed by atoms with Crippen molar-refractivity contribution in [3.8, 4) is 5.69 Å². The van der Waals surface area contributed by atoms with Gasteiger partial charge < -0.3 is 10.4 Å². The molecule has 1 fully saturated rings. The molecule has 1 aliphatic rings. The molecule has 130 valence electrons. The Morgan fingerprint density at radius 2 is 2.12 bits per heavy atom. The molecule has 1 aliphatic carbocycles. The Balaban J connectivity index is 1.69. The van der Waals surface area contributed by atoms with Gasteiger partial charge in [0, 0.05) is 24.4 Å². The van der Waals surface area contributed by atoms with Gasteiger partial charge in [0.25, 0.3) is 11.6 Å². The molecule has 2 N–H and O–H groups in total. The maximum Gasteiger partial charge on any atom is 0.306 e. The van der Waals surface area contributed by atoms with Crippen LogP contribution in [0.15, 0.2) is 36.5 Å². The van der Waals surface area contributed by atoms with Crippen LogP contribution in [-0.2, 0) is 4.79 Å². The molecule has 0 spiro atoms. The topological polar surface area (TPSA) is 127 Å². The predicted molar refractivity (Wildman–Crippen MR) is 86.4 cm³/mol. The molecule has 0 unspecified atom stereocenters. The molecule has 1 amide bonds. The number of non-ortho nitro benzene ring substituents is 1. The van der Waals surface area contributed by atoms with E-state index in [9.17, 15) is 19.7 Å². The lowest BCUT2D eigenvalue weighted by Gasteiger charge is -2.11. The summed E-state index contributed by atoms with van der Waals surface area (Å²) in [4.78, 5) is 33.6. The molecular formula is C16H16N4O5. The summed E-state index contributed by atoms with van der Waals surface area (Å²) in [5, 5.41) is 26.8. The van der Waals surface area contributed by atoms with Gasteiger partial charge >= 0.3 is 5.97 Å². The van der Waals surface area contributed by atoms with Crippen LogP contribution in [0.2, 0.25) is 0 Å². The molecule has 1 heterocycles. The van der Waals surface area contributed by atoms with Gasteiger partial charge in [-0.1, -0.05) is 6.07 Å². The molecule has 2 atom stereocenters. The zero-order valence-corrected chi connectivity index (χ0v) is 13.2. The predicted octanol–water partition coefficient (Wildman–Crippen LogP) is 1.76. The van der Waals surface area contributed by atoms with Crippen LogP contribution in [-0.4, -0.2) is 37.7 Å². The van der Waals surface area contributed by atoms with Crippen LogP contribution in [0.5, 0.6) is 0 Å². The Labute approximate surface area is 142 Å². The average Bonchev–Trinajstić information content (AvgIpc) is 3.24. The van der Waals surface area contributed by atoms with Crippen molar-refractivity contribution in [3.63, 3.8) is 0 Å². The minimum Gasteiger partial charge on any atom is -0.481 e. The van der Waals surface area contributed by atoms with Crippen molar-refractivity contribution in [2.45, 2.75) is 25.3 Å². The van der Waals surface area contributed by atoms with E-state index in [2.05, 4.69) is 10.4 Å². The fraction of sp³-hybridized carbons (Fsp3) is 0.312. The van der Waals surface area contributed by atoms with E-state index < -0.39 is 16.8 Å². The summed E-state index contributed by atoms with van der Waals surface area (Å²) in [5.41, 5.74) is 0.579. The van der Waals surface area contributed by atoms with Gasteiger partial charge in [-0.15, -0.1) is 0 Å². The Hall–Kier alpha value is -3.23. The van der Waals surface area contributed by atoms with E-state index >= 15 is 0 Å². The Bertz CT molecular complexity index is 831. The van der Waals surface area contributed by atoms with Gasteiger partial charge in [0.05, 0.1) is 16.5 Å². The second kappa shape index (κ2) is 6.71. The number of benzene rings is 1. The van der Waals surface area contributed by atoms with Crippen molar-refractivity contribution >= 4 is 17.6 Å². The number of carboxylic acid groups (broad SMARTS) is 1. The number of rotatable bonds is 5. The van der Waals surface area contributed by atoms with E-state index in [1.807, 2.05) is 0 Å². The van der Waals surface area contributed by atoms with Gasteiger partial charge in [0.2, 0.25) is 0 Å². The third-order valence-electron chi connectivity index (χ3n) is 4.24. The van der Waals surface area contributed by atoms with E-state index in [1.165, 1.54) is 22.9 Å². The van der Waals surface area contributed by atoms with Crippen LogP contribution in [0.4, 0.5) is 5.69 Å². The summed E-state index contributed by atoms with van der Waals surface area (Å²) in [7, 11) is 0. The first-order valence-electron chi connectivity index (χ1n) is 7.78. The summed E-state index contributed by atoms with van der Waals surface area (Å²) in [6.45, 7) is 0. The average molecular weight is 344 g/mol. The number of hydrogen-bond donors (Lipinski definition) is 2. The fourth-order valence-corrected chi connectivity index (χ4v) is 2.93. The van der Waals surface area contributed by atoms with E-state index in [4.69, 9.17) is 5.11 Å². The molecule has 0 aliphatic heterocycles. The van der Waals surface area contributed by atoms with Gasteiger partial charge in [-0.2, -0.15) is 5.10 Å². The number of carbonyl (C=O) groups excluding carboxylic acids is 1. The normalized spacial score (nSPS) is 19.5. The molecular weight excluding hydrogens is 328 g/mol. The quantitative estimate of drug-likeness (QED) is 0.628. The number of carbonyl (C=O) groups is 2. The number of nitro groups is 1. The van der Waals surface area contributed by atoms with Crippen LogP contribution in [0, 0.1) is 16.0 Å². The van der Waals surface area contributed by atoms with Crippen molar-refractivity contribution in [2.75, 3.05) is 0 Å². The number of nitrogens with zero attached hydrogens (tertiary/aromatic N) is 3. The molecule has 0 saturated heterocycles. The summed E-state index contributed by atoms with van der Waals surface area (Å²) in [5.74, 6) is -1.65. The molecule has 1 saturated carbocycles. The Kier molecular flexibility index (Phi) is 4.46. The highest BCUT2D eigenvalue weighted by Gasteiger charge is 2.31. The second-order valence-corrected chi connectivity index (χ2v) is 5.94. The number of nitrogens with one attached hydrogen (secondary N) is 1. The number of aromatic nitrogens is 2. The molecule has 3 rings (SSSR count). The van der Waals surface area contributed by atoms with Gasteiger partial charge in [-0.05, 0) is 31.4 Å². The van der Waals surface area contributed by atoms with Crippen molar-refractivity contribution in [1.82, 2.24) is 15.1 Å². The highest BCUT2D eigenvalue weighted by atomic mass is 16.6. The lowest BCUT2D eigenvalue weighted by Crippen LogP contribution is -2.33. The number of nitro benzene ring substituents is 1. The Morgan fingerprint density at radius 3 is 2.80 bits per heavy atom. The van der Waals surface area contributed by atoms with Gasteiger partial charge in [-0.3, -0.25) is 19.7 Å². The van der Waals surface area contributed by atoms with E-state index in [-0.39, 0.29) is 23.3 Å². The lowest BCUT2D eigenvalue weighted by atomic mass is 10.1. The lowest BCUT2D eigenvalue weighted by molar-refractivity contribution is -0.384. The fourth-order valence-electron chi connectivity index (χ4n) is 2.93. The van der Waals surface area contributed by atoms with Crippen molar-refractivity contribution in [1.29, 1.82) is 0 Å². The number of carboxylic acids is 1. The zero-order valence-electron chi connectivity index (χ0n) is 13.2. The zero-order chi connectivity index (χ0) is 18.0. The summed E-state index contributed by atoms with van der Waals surface area (Å²) in [6.07, 6.45) is 3.12. The first-order chi connectivity index (χ1) is 11.9. The van der Waals surface area contributed by atoms with E-state index in [0.29, 0.717) is 24.9 Å². The number of hydrogen-bond acceptors (Lipinski definition) is 5. The maximum absolute atomic E-state index is 12.3. The minimum atomic E-state index is -0.841. The van der Waals surface area contributed by atoms with Gasteiger partial charge in [0.1, 0.15) is 0 Å². The van der Waals surface area contributed by atoms with Crippen LogP contribution < -0.4 is 5.32 Å². The Morgan fingerprint density at radius 1 is 1.32 bits per heavy atom. The van der Waals surface area contributed by atoms with E-state index in [1.54, 1.807) is 18.3 Å². The SMILES string of the molecule is O=C(N[C@@H]1CC[C@H](C(=O)O)C1)c1ccn(-c2cccc([N+](=O)[O-])c2)n1. The summed E-state index contributed by atoms with van der Waals surface area (Å²) in [6, 6.07) is 7.26. The van der Waals surface area contributed by atoms with Crippen molar-refractivity contribution in [2.24, 2.45) is 5.92 Å². The highest BCUT2D eigenvalue weighted by molar-refractivity contribution is 5.92. The van der Waals surface area contributed by atoms with Crippen LogP contribution in [0.1, 0.15) is 29.8 Å². The molecule has 0 bridgehead atoms. The van der Waals surface area contributed by atoms with Gasteiger partial charge in [0.15, 0.2) is 5.69 Å². The number of aliphatic carboxylic acids is 1. The molecule has 2 aromatic rings. The summed E-state index contributed by atoms with van der Waals surface area (Å²) < 4.78 is 1.39. The molecule has 1 aromatic carbocycles. The third kappa shape index (κ3) is 3.65. The van der Waals surface area contributed by atoms with E-state index in [0.717, 1.165) is 0 Å². The standard InChI is InChI=1S/C16H16N4O5/c21-15(17-11-5-4-10(8-11)16(22)23)14-6-7-19(18-14)12-2-1-3-13(9-12)20(24)25/h1-3,6-7,9-11H,4-5,8H2,(H,17,21)(H,22,23)/t10-,11+/m0/s1. The monoisotopic (exact) mass is 344 g/mol.